The summed E-state index contributed by atoms with van der Waals surface area (Å²) in [5, 5.41) is 3.06. The van der Waals surface area contributed by atoms with Crippen molar-refractivity contribution in [2.45, 2.75) is 44.6 Å². The fourth-order valence-corrected chi connectivity index (χ4v) is 2.32. The van der Waals surface area contributed by atoms with E-state index in [1.54, 1.807) is 0 Å². The van der Waals surface area contributed by atoms with Crippen molar-refractivity contribution in [2.75, 3.05) is 0 Å². The van der Waals surface area contributed by atoms with Crippen molar-refractivity contribution in [2.24, 2.45) is 5.92 Å². The molecule has 0 spiro atoms. The maximum Gasteiger partial charge on any atom is 0.220 e. The molecule has 1 aliphatic carbocycles. The van der Waals surface area contributed by atoms with Crippen LogP contribution in [-0.2, 0) is 4.79 Å². The van der Waals surface area contributed by atoms with Gasteiger partial charge in [-0.15, -0.1) is 0 Å². The summed E-state index contributed by atoms with van der Waals surface area (Å²) in [5.74, 6) is 0.951. The van der Waals surface area contributed by atoms with Gasteiger partial charge in [-0.1, -0.05) is 19.3 Å². The van der Waals surface area contributed by atoms with Crippen LogP contribution >= 0.6 is 0 Å². The van der Waals surface area contributed by atoms with Gasteiger partial charge in [0.05, 0.1) is 0 Å². The molecule has 2 unspecified atom stereocenters. The van der Waals surface area contributed by atoms with Crippen LogP contribution in [0.15, 0.2) is 0 Å². The average Bonchev–Trinajstić information content (AvgIpc) is 2.17. The van der Waals surface area contributed by atoms with E-state index < -0.39 is 0 Å². The Kier molecular flexibility index (Phi) is 1.84. The van der Waals surface area contributed by atoms with Crippen LogP contribution in [0.25, 0.3) is 0 Å². The minimum absolute atomic E-state index is 0.280. The summed E-state index contributed by atoms with van der Waals surface area (Å²) >= 11 is 0. The summed E-state index contributed by atoms with van der Waals surface area (Å²) in [6.45, 7) is 0. The van der Waals surface area contributed by atoms with Crippen molar-refractivity contribution in [3.63, 3.8) is 0 Å². The van der Waals surface area contributed by atoms with E-state index in [-0.39, 0.29) is 5.91 Å². The topological polar surface area (TPSA) is 29.1 Å². The zero-order valence-corrected chi connectivity index (χ0v) is 6.81. The highest BCUT2D eigenvalue weighted by molar-refractivity contribution is 5.79. The second kappa shape index (κ2) is 2.84. The molecule has 2 nitrogen and oxygen atoms in total. The van der Waals surface area contributed by atoms with E-state index in [2.05, 4.69) is 5.32 Å². The molecule has 0 aromatic rings. The quantitative estimate of drug-likeness (QED) is 0.560. The van der Waals surface area contributed by atoms with Crippen molar-refractivity contribution in [3.8, 4) is 0 Å². The summed E-state index contributed by atoms with van der Waals surface area (Å²) in [5.41, 5.74) is 0. The van der Waals surface area contributed by atoms with Crippen LogP contribution < -0.4 is 5.32 Å². The van der Waals surface area contributed by atoms with E-state index >= 15 is 0 Å². The van der Waals surface area contributed by atoms with Crippen molar-refractivity contribution in [1.29, 1.82) is 0 Å². The molecule has 2 atom stereocenters. The highest BCUT2D eigenvalue weighted by Crippen LogP contribution is 2.29. The minimum Gasteiger partial charge on any atom is -0.353 e. The van der Waals surface area contributed by atoms with Crippen LogP contribution in [0.1, 0.15) is 38.5 Å². The van der Waals surface area contributed by atoms with Crippen LogP contribution in [0, 0.1) is 5.92 Å². The van der Waals surface area contributed by atoms with Crippen molar-refractivity contribution in [1.82, 2.24) is 5.32 Å². The Balaban J connectivity index is 2.01. The summed E-state index contributed by atoms with van der Waals surface area (Å²) in [6.07, 6.45) is 7.28. The lowest BCUT2D eigenvalue weighted by atomic mass is 9.96. The van der Waals surface area contributed by atoms with Gasteiger partial charge < -0.3 is 5.32 Å². The van der Waals surface area contributed by atoms with Gasteiger partial charge in [0.15, 0.2) is 0 Å². The van der Waals surface area contributed by atoms with Crippen LogP contribution in [0.4, 0.5) is 0 Å². The molecule has 11 heavy (non-hydrogen) atoms. The van der Waals surface area contributed by atoms with Crippen LogP contribution in [0.5, 0.6) is 0 Å². The van der Waals surface area contributed by atoms with Gasteiger partial charge in [-0.05, 0) is 18.8 Å². The number of carbonyl (C=O) groups excluding carboxylic acids is 1. The van der Waals surface area contributed by atoms with Gasteiger partial charge >= 0.3 is 0 Å². The number of amides is 1. The number of hydrogen-bond acceptors (Lipinski definition) is 1. The lowest BCUT2D eigenvalue weighted by molar-refractivity contribution is -0.119. The Morgan fingerprint density at radius 3 is 2.91 bits per heavy atom. The summed E-state index contributed by atoms with van der Waals surface area (Å²) in [4.78, 5) is 11.0. The summed E-state index contributed by atoms with van der Waals surface area (Å²) < 4.78 is 0. The first kappa shape index (κ1) is 7.14. The highest BCUT2D eigenvalue weighted by Gasteiger charge is 2.32. The SMILES string of the molecule is O=C1CC2CCCCCC2N1. The number of hydrogen-bond donors (Lipinski definition) is 1. The lowest BCUT2D eigenvalue weighted by Crippen LogP contribution is -2.27. The average molecular weight is 153 g/mol. The Labute approximate surface area is 67.4 Å². The minimum atomic E-state index is 0.280. The van der Waals surface area contributed by atoms with E-state index in [1.807, 2.05) is 0 Å². The van der Waals surface area contributed by atoms with Crippen molar-refractivity contribution in [3.05, 3.63) is 0 Å². The molecule has 2 fully saturated rings. The highest BCUT2D eigenvalue weighted by atomic mass is 16.1. The van der Waals surface area contributed by atoms with E-state index in [0.717, 1.165) is 6.42 Å². The number of rotatable bonds is 0. The molecule has 62 valence electrons. The second-order valence-electron chi connectivity index (χ2n) is 3.78. The maximum atomic E-state index is 11.0. The first-order valence-electron chi connectivity index (χ1n) is 4.65. The van der Waals surface area contributed by atoms with Gasteiger partial charge in [-0.2, -0.15) is 0 Å². The predicted octanol–water partition coefficient (Wildman–Crippen LogP) is 1.46. The molecule has 1 saturated heterocycles. The molecule has 2 heteroatoms. The first-order valence-corrected chi connectivity index (χ1v) is 4.65. The third kappa shape index (κ3) is 1.39. The molecule has 0 bridgehead atoms. The third-order valence-corrected chi connectivity index (χ3v) is 2.95. The summed E-state index contributed by atoms with van der Waals surface area (Å²) in [6, 6.07) is 0.532. The van der Waals surface area contributed by atoms with E-state index in [9.17, 15) is 4.79 Å². The maximum absolute atomic E-state index is 11.0. The van der Waals surface area contributed by atoms with E-state index in [1.165, 1.54) is 32.1 Å². The van der Waals surface area contributed by atoms with Gasteiger partial charge in [0.1, 0.15) is 0 Å². The summed E-state index contributed by atoms with van der Waals surface area (Å²) in [7, 11) is 0. The van der Waals surface area contributed by atoms with Gasteiger partial charge in [-0.3, -0.25) is 4.79 Å². The number of nitrogens with one attached hydrogen (secondary N) is 1. The standard InChI is InChI=1S/C9H15NO/c11-9-6-7-4-2-1-3-5-8(7)10-9/h7-8H,1-6H2,(H,10,11). The van der Waals surface area contributed by atoms with E-state index in [0.29, 0.717) is 12.0 Å². The van der Waals surface area contributed by atoms with Gasteiger partial charge in [-0.25, -0.2) is 0 Å². The fraction of sp³-hybridized carbons (Fsp3) is 0.889. The van der Waals surface area contributed by atoms with Crippen molar-refractivity contribution < 1.29 is 4.79 Å². The third-order valence-electron chi connectivity index (χ3n) is 2.95. The monoisotopic (exact) mass is 153 g/mol. The smallest absolute Gasteiger partial charge is 0.220 e. The molecule has 1 N–H and O–H groups in total. The normalized spacial score (nSPS) is 37.6. The molecular formula is C9H15NO. The number of fused-ring (bicyclic) bond motifs is 1. The number of carbonyl (C=O) groups is 1. The molecule has 0 aromatic carbocycles. The molecule has 0 aromatic heterocycles. The van der Waals surface area contributed by atoms with Crippen molar-refractivity contribution >= 4 is 5.91 Å². The largest absolute Gasteiger partial charge is 0.353 e. The molecule has 1 saturated carbocycles. The molecular weight excluding hydrogens is 138 g/mol. The lowest BCUT2D eigenvalue weighted by Gasteiger charge is -2.13. The van der Waals surface area contributed by atoms with Gasteiger partial charge in [0.2, 0.25) is 5.91 Å². The van der Waals surface area contributed by atoms with Crippen LogP contribution in [-0.4, -0.2) is 11.9 Å². The zero-order valence-electron chi connectivity index (χ0n) is 6.81. The molecule has 2 rings (SSSR count). The van der Waals surface area contributed by atoms with E-state index in [4.69, 9.17) is 0 Å². The fourth-order valence-electron chi connectivity index (χ4n) is 2.32. The molecule has 2 aliphatic rings. The predicted molar refractivity (Wildman–Crippen MR) is 43.1 cm³/mol. The Bertz CT molecular complexity index is 151. The second-order valence-corrected chi connectivity index (χ2v) is 3.78. The molecule has 1 aliphatic heterocycles. The molecule has 1 amide bonds. The molecule has 0 radical (unpaired) electrons. The zero-order chi connectivity index (χ0) is 7.68. The Morgan fingerprint density at radius 1 is 1.18 bits per heavy atom. The molecule has 1 heterocycles. The first-order chi connectivity index (χ1) is 5.36. The van der Waals surface area contributed by atoms with Crippen LogP contribution in [0.2, 0.25) is 0 Å². The van der Waals surface area contributed by atoms with Gasteiger partial charge in [0.25, 0.3) is 0 Å². The van der Waals surface area contributed by atoms with Gasteiger partial charge in [0, 0.05) is 12.5 Å². The Hall–Kier alpha value is -0.530. The van der Waals surface area contributed by atoms with Crippen LogP contribution in [0.3, 0.4) is 0 Å². The Morgan fingerprint density at radius 2 is 2.00 bits per heavy atom.